The number of nitrogens with one attached hydrogen (secondary N) is 1. The van der Waals surface area contributed by atoms with Gasteiger partial charge in [0.05, 0.1) is 0 Å². The monoisotopic (exact) mass is 127 g/mol. The molecule has 0 atom stereocenters. The highest BCUT2D eigenvalue weighted by Crippen LogP contribution is 1.76. The topological polar surface area (TPSA) is 29.1 Å². The summed E-state index contributed by atoms with van der Waals surface area (Å²) in [6.07, 6.45) is 3.19. The zero-order valence-electron chi connectivity index (χ0n) is 6.14. The Kier molecular flexibility index (Phi) is 3.76. The molecule has 1 N–H and O–H groups in total. The Morgan fingerprint density at radius 3 is 2.44 bits per heavy atom. The molecule has 0 aliphatic carbocycles. The van der Waals surface area contributed by atoms with Crippen LogP contribution in [0, 0.1) is 0 Å². The van der Waals surface area contributed by atoms with Crippen molar-refractivity contribution in [2.24, 2.45) is 0 Å². The second-order valence-corrected chi connectivity index (χ2v) is 2.27. The summed E-state index contributed by atoms with van der Waals surface area (Å²) in [5.74, 6) is 0.0724. The number of ketones is 1. The van der Waals surface area contributed by atoms with E-state index < -0.39 is 0 Å². The largest absolute Gasteiger partial charge is 0.389 e. The van der Waals surface area contributed by atoms with E-state index in [1.807, 2.05) is 13.8 Å². The van der Waals surface area contributed by atoms with Gasteiger partial charge in [-0.05, 0) is 26.8 Å². The van der Waals surface area contributed by atoms with E-state index in [1.54, 1.807) is 6.20 Å². The molecule has 0 aliphatic rings. The van der Waals surface area contributed by atoms with E-state index in [4.69, 9.17) is 0 Å². The molecule has 0 bridgehead atoms. The van der Waals surface area contributed by atoms with Crippen molar-refractivity contribution < 1.29 is 4.79 Å². The number of hydrogen-bond acceptors (Lipinski definition) is 2. The highest BCUT2D eigenvalue weighted by molar-refractivity contribution is 5.87. The van der Waals surface area contributed by atoms with Crippen molar-refractivity contribution in [1.29, 1.82) is 0 Å². The van der Waals surface area contributed by atoms with Crippen molar-refractivity contribution in [3.63, 3.8) is 0 Å². The van der Waals surface area contributed by atoms with Crippen LogP contribution < -0.4 is 5.32 Å². The Balaban J connectivity index is 3.36. The highest BCUT2D eigenvalue weighted by atomic mass is 16.1. The first-order valence-electron chi connectivity index (χ1n) is 3.06. The lowest BCUT2D eigenvalue weighted by Crippen LogP contribution is -2.15. The van der Waals surface area contributed by atoms with Crippen molar-refractivity contribution in [3.8, 4) is 0 Å². The zero-order valence-corrected chi connectivity index (χ0v) is 6.14. The van der Waals surface area contributed by atoms with Crippen molar-refractivity contribution >= 4 is 5.78 Å². The lowest BCUT2D eigenvalue weighted by Gasteiger charge is -2.00. The van der Waals surface area contributed by atoms with Crippen molar-refractivity contribution in [2.75, 3.05) is 0 Å². The third-order valence-corrected chi connectivity index (χ3v) is 0.748. The predicted molar refractivity (Wildman–Crippen MR) is 38.1 cm³/mol. The molecule has 0 rings (SSSR count). The molecule has 0 aliphatic heterocycles. The van der Waals surface area contributed by atoms with Crippen LogP contribution in [0.5, 0.6) is 0 Å². The summed E-state index contributed by atoms with van der Waals surface area (Å²) in [6.45, 7) is 5.56. The lowest BCUT2D eigenvalue weighted by molar-refractivity contribution is -0.112. The summed E-state index contributed by atoms with van der Waals surface area (Å²) >= 11 is 0. The summed E-state index contributed by atoms with van der Waals surface area (Å²) in [6, 6.07) is 0.403. The van der Waals surface area contributed by atoms with Gasteiger partial charge in [-0.3, -0.25) is 4.79 Å². The third-order valence-electron chi connectivity index (χ3n) is 0.748. The van der Waals surface area contributed by atoms with E-state index in [-0.39, 0.29) is 5.78 Å². The first-order valence-corrected chi connectivity index (χ1v) is 3.06. The molecule has 0 spiro atoms. The van der Waals surface area contributed by atoms with Crippen LogP contribution in [0.4, 0.5) is 0 Å². The maximum atomic E-state index is 10.3. The molecule has 0 radical (unpaired) electrons. The molecule has 0 aromatic rings. The summed E-state index contributed by atoms with van der Waals surface area (Å²) in [7, 11) is 0. The normalized spacial score (nSPS) is 10.7. The van der Waals surface area contributed by atoms with E-state index >= 15 is 0 Å². The number of allylic oxidation sites excluding steroid dienone is 1. The molecule has 52 valence electrons. The molecule has 0 unspecified atom stereocenters. The fourth-order valence-electron chi connectivity index (χ4n) is 0.358. The Labute approximate surface area is 56.0 Å². The number of carbonyl (C=O) groups excluding carboxylic acids is 1. The SMILES string of the molecule is CC(=O)/C=C/NC(C)C. The second kappa shape index (κ2) is 4.13. The van der Waals surface area contributed by atoms with Gasteiger partial charge in [-0.2, -0.15) is 0 Å². The summed E-state index contributed by atoms with van der Waals surface area (Å²) in [4.78, 5) is 10.3. The van der Waals surface area contributed by atoms with Gasteiger partial charge in [0.1, 0.15) is 0 Å². The number of rotatable bonds is 3. The fourth-order valence-corrected chi connectivity index (χ4v) is 0.358. The van der Waals surface area contributed by atoms with Crippen LogP contribution in [0.25, 0.3) is 0 Å². The second-order valence-electron chi connectivity index (χ2n) is 2.27. The fraction of sp³-hybridized carbons (Fsp3) is 0.571. The van der Waals surface area contributed by atoms with Gasteiger partial charge in [-0.15, -0.1) is 0 Å². The third kappa shape index (κ3) is 7.21. The molecule has 0 amide bonds. The predicted octanol–water partition coefficient (Wildman–Crippen LogP) is 1.09. The minimum absolute atomic E-state index is 0.0724. The molecular formula is C7H13NO. The lowest BCUT2D eigenvalue weighted by atomic mass is 10.4. The van der Waals surface area contributed by atoms with Crippen LogP contribution in [0.2, 0.25) is 0 Å². The smallest absolute Gasteiger partial charge is 0.154 e. The molecule has 0 fully saturated rings. The zero-order chi connectivity index (χ0) is 7.28. The first kappa shape index (κ1) is 8.21. The van der Waals surface area contributed by atoms with Crippen LogP contribution in [0.1, 0.15) is 20.8 Å². The van der Waals surface area contributed by atoms with E-state index in [0.717, 1.165) is 0 Å². The summed E-state index contributed by atoms with van der Waals surface area (Å²) in [5.41, 5.74) is 0. The first-order chi connectivity index (χ1) is 4.13. The molecule has 0 saturated carbocycles. The van der Waals surface area contributed by atoms with Gasteiger partial charge < -0.3 is 5.32 Å². The average Bonchev–Trinajstić information content (AvgIpc) is 1.63. The van der Waals surface area contributed by atoms with Gasteiger partial charge in [0.15, 0.2) is 5.78 Å². The molecule has 9 heavy (non-hydrogen) atoms. The van der Waals surface area contributed by atoms with E-state index in [1.165, 1.54) is 13.0 Å². The summed E-state index contributed by atoms with van der Waals surface area (Å²) in [5, 5.41) is 2.98. The van der Waals surface area contributed by atoms with Crippen LogP contribution in [-0.4, -0.2) is 11.8 Å². The van der Waals surface area contributed by atoms with Crippen molar-refractivity contribution in [3.05, 3.63) is 12.3 Å². The van der Waals surface area contributed by atoms with E-state index in [9.17, 15) is 4.79 Å². The Morgan fingerprint density at radius 2 is 2.11 bits per heavy atom. The van der Waals surface area contributed by atoms with E-state index in [2.05, 4.69) is 5.32 Å². The molecule has 0 aromatic heterocycles. The number of hydrogen-bond donors (Lipinski definition) is 1. The standard InChI is InChI=1S/C7H13NO/c1-6(2)8-5-4-7(3)9/h4-6,8H,1-3H3/b5-4+. The number of carbonyl (C=O) groups is 1. The Bertz CT molecular complexity index is 116. The van der Waals surface area contributed by atoms with Crippen molar-refractivity contribution in [1.82, 2.24) is 5.32 Å². The molecule has 2 heteroatoms. The quantitative estimate of drug-likeness (QED) is 0.575. The van der Waals surface area contributed by atoms with Crippen molar-refractivity contribution in [2.45, 2.75) is 26.8 Å². The average molecular weight is 127 g/mol. The minimum Gasteiger partial charge on any atom is -0.389 e. The maximum Gasteiger partial charge on any atom is 0.154 e. The Morgan fingerprint density at radius 1 is 1.56 bits per heavy atom. The minimum atomic E-state index is 0.0724. The van der Waals surface area contributed by atoms with Crippen LogP contribution >= 0.6 is 0 Å². The van der Waals surface area contributed by atoms with Gasteiger partial charge in [0.2, 0.25) is 0 Å². The molecule has 0 heterocycles. The highest BCUT2D eigenvalue weighted by Gasteiger charge is 1.84. The summed E-state index contributed by atoms with van der Waals surface area (Å²) < 4.78 is 0. The van der Waals surface area contributed by atoms with Crippen LogP contribution in [0.3, 0.4) is 0 Å². The molecular weight excluding hydrogens is 114 g/mol. The Hall–Kier alpha value is -0.790. The van der Waals surface area contributed by atoms with Crippen LogP contribution in [-0.2, 0) is 4.79 Å². The molecule has 0 aromatic carbocycles. The van der Waals surface area contributed by atoms with Gasteiger partial charge >= 0.3 is 0 Å². The van der Waals surface area contributed by atoms with Gasteiger partial charge in [-0.25, -0.2) is 0 Å². The van der Waals surface area contributed by atoms with Gasteiger partial charge in [0.25, 0.3) is 0 Å². The van der Waals surface area contributed by atoms with Crippen LogP contribution in [0.15, 0.2) is 12.3 Å². The molecule has 2 nitrogen and oxygen atoms in total. The van der Waals surface area contributed by atoms with E-state index in [0.29, 0.717) is 6.04 Å². The molecule has 0 saturated heterocycles. The van der Waals surface area contributed by atoms with Gasteiger partial charge in [0, 0.05) is 12.2 Å². The van der Waals surface area contributed by atoms with Gasteiger partial charge in [-0.1, -0.05) is 0 Å². The maximum absolute atomic E-state index is 10.3.